The lowest BCUT2D eigenvalue weighted by atomic mass is 9.73. The molecule has 2 aromatic carbocycles. The highest BCUT2D eigenvalue weighted by Crippen LogP contribution is 2.49. The second kappa shape index (κ2) is 9.78. The largest absolute Gasteiger partial charge is 0.497 e. The van der Waals surface area contributed by atoms with E-state index in [1.165, 1.54) is 0 Å². The molecule has 5 rings (SSSR count). The number of para-hydroxylation sites is 1. The van der Waals surface area contributed by atoms with Crippen LogP contribution in [0.3, 0.4) is 0 Å². The van der Waals surface area contributed by atoms with Crippen molar-refractivity contribution in [2.24, 2.45) is 0 Å². The molecule has 1 amide bonds. The van der Waals surface area contributed by atoms with Gasteiger partial charge in [-0.1, -0.05) is 18.2 Å². The number of hydrogen-bond donors (Lipinski definition) is 1. The van der Waals surface area contributed by atoms with Crippen LogP contribution >= 0.6 is 0 Å². The Balaban J connectivity index is 1.42. The van der Waals surface area contributed by atoms with Gasteiger partial charge in [0.25, 0.3) is 5.91 Å². The summed E-state index contributed by atoms with van der Waals surface area (Å²) in [5, 5.41) is 2.80. The fourth-order valence-corrected chi connectivity index (χ4v) is 4.99. The van der Waals surface area contributed by atoms with Gasteiger partial charge in [0.1, 0.15) is 23.0 Å². The zero-order chi connectivity index (χ0) is 24.4. The number of Topliss-reactive ketones (excluding diaryl/α,β-unsaturated/α-hetero) is 2. The normalized spacial score (nSPS) is 18.0. The van der Waals surface area contributed by atoms with Crippen LogP contribution in [-0.2, 0) is 19.1 Å². The van der Waals surface area contributed by atoms with Gasteiger partial charge < -0.3 is 19.5 Å². The van der Waals surface area contributed by atoms with E-state index >= 15 is 0 Å². The minimum atomic E-state index is -0.532. The lowest BCUT2D eigenvalue weighted by Crippen LogP contribution is -2.30. The molecule has 180 valence electrons. The van der Waals surface area contributed by atoms with Gasteiger partial charge in [-0.3, -0.25) is 14.4 Å². The number of carbonyl (C=O) groups excluding carboxylic acids is 3. The first kappa shape index (κ1) is 22.9. The van der Waals surface area contributed by atoms with Crippen LogP contribution < -0.4 is 14.8 Å². The summed E-state index contributed by atoms with van der Waals surface area (Å²) in [6.45, 7) is -0.216. The van der Waals surface area contributed by atoms with E-state index in [2.05, 4.69) is 5.32 Å². The molecule has 7 nitrogen and oxygen atoms in total. The van der Waals surface area contributed by atoms with Crippen molar-refractivity contribution in [3.63, 3.8) is 0 Å². The third-order valence-corrected chi connectivity index (χ3v) is 6.60. The maximum absolute atomic E-state index is 13.0. The summed E-state index contributed by atoms with van der Waals surface area (Å²) in [4.78, 5) is 38.6. The van der Waals surface area contributed by atoms with Crippen LogP contribution in [0.1, 0.15) is 50.0 Å². The molecule has 1 N–H and O–H groups in total. The van der Waals surface area contributed by atoms with Crippen molar-refractivity contribution in [1.29, 1.82) is 0 Å². The van der Waals surface area contributed by atoms with Gasteiger partial charge in [0.15, 0.2) is 18.2 Å². The number of anilines is 1. The minimum Gasteiger partial charge on any atom is -0.497 e. The molecule has 0 bridgehead atoms. The third kappa shape index (κ3) is 4.58. The molecule has 35 heavy (non-hydrogen) atoms. The van der Waals surface area contributed by atoms with E-state index in [-0.39, 0.29) is 24.1 Å². The molecular formula is C28H27NO6. The zero-order valence-corrected chi connectivity index (χ0v) is 19.6. The lowest BCUT2D eigenvalue weighted by Gasteiger charge is -2.36. The van der Waals surface area contributed by atoms with E-state index in [1.807, 2.05) is 18.2 Å². The van der Waals surface area contributed by atoms with E-state index in [1.54, 1.807) is 37.4 Å². The van der Waals surface area contributed by atoms with Gasteiger partial charge in [0, 0.05) is 48.1 Å². The maximum Gasteiger partial charge on any atom is 0.262 e. The highest BCUT2D eigenvalue weighted by atomic mass is 16.5. The summed E-state index contributed by atoms with van der Waals surface area (Å²) in [6.07, 6.45) is 3.70. The topological polar surface area (TPSA) is 90.9 Å². The highest BCUT2D eigenvalue weighted by molar-refractivity contribution is 6.06. The summed E-state index contributed by atoms with van der Waals surface area (Å²) < 4.78 is 17.2. The summed E-state index contributed by atoms with van der Waals surface area (Å²) in [6, 6.07) is 14.3. The van der Waals surface area contributed by atoms with Crippen LogP contribution in [0.25, 0.3) is 0 Å². The van der Waals surface area contributed by atoms with Gasteiger partial charge in [-0.15, -0.1) is 0 Å². The van der Waals surface area contributed by atoms with Gasteiger partial charge in [-0.2, -0.15) is 0 Å². The molecule has 1 aliphatic heterocycles. The Labute approximate surface area is 203 Å². The van der Waals surface area contributed by atoms with Crippen molar-refractivity contribution in [2.75, 3.05) is 19.0 Å². The minimum absolute atomic E-state index is 0.00762. The Kier molecular flexibility index (Phi) is 6.40. The second-order valence-electron chi connectivity index (χ2n) is 8.87. The SMILES string of the molecule is COc1ccc(NC(=O)COc2ccccc2C2C3=C(CCCC3=O)OC3=C2C(=O)CCC3)cc1. The van der Waals surface area contributed by atoms with E-state index in [4.69, 9.17) is 14.2 Å². The van der Waals surface area contributed by atoms with Crippen molar-refractivity contribution in [3.8, 4) is 11.5 Å². The molecule has 0 unspecified atom stereocenters. The molecule has 0 spiro atoms. The number of hydrogen-bond acceptors (Lipinski definition) is 6. The molecule has 0 radical (unpaired) electrons. The number of methoxy groups -OCH3 is 1. The Morgan fingerprint density at radius 1 is 0.914 bits per heavy atom. The summed E-state index contributed by atoms with van der Waals surface area (Å²) in [7, 11) is 1.58. The third-order valence-electron chi connectivity index (χ3n) is 6.60. The van der Waals surface area contributed by atoms with Crippen LogP contribution in [0.15, 0.2) is 71.2 Å². The predicted octanol–water partition coefficient (Wildman–Crippen LogP) is 4.84. The monoisotopic (exact) mass is 473 g/mol. The Morgan fingerprint density at radius 2 is 1.54 bits per heavy atom. The average molecular weight is 474 g/mol. The number of ketones is 2. The van der Waals surface area contributed by atoms with E-state index in [0.717, 1.165) is 12.8 Å². The number of allylic oxidation sites excluding steroid dienone is 4. The first-order valence-corrected chi connectivity index (χ1v) is 11.9. The molecular weight excluding hydrogens is 446 g/mol. The standard InChI is InChI=1S/C28H27NO6/c1-33-18-14-12-17(13-15-18)29-25(32)16-34-22-9-3-2-6-19(22)26-27-20(30)7-4-10-23(27)35-24-11-5-8-21(31)28(24)26/h2-3,6,9,12-15,26H,4-5,7-8,10-11,16H2,1H3,(H,29,32). The van der Waals surface area contributed by atoms with Crippen molar-refractivity contribution in [1.82, 2.24) is 0 Å². The van der Waals surface area contributed by atoms with Gasteiger partial charge in [0.2, 0.25) is 0 Å². The van der Waals surface area contributed by atoms with Crippen molar-refractivity contribution in [3.05, 3.63) is 76.8 Å². The molecule has 1 heterocycles. The van der Waals surface area contributed by atoms with E-state index < -0.39 is 5.92 Å². The van der Waals surface area contributed by atoms with Crippen LogP contribution in [-0.4, -0.2) is 31.2 Å². The summed E-state index contributed by atoms with van der Waals surface area (Å²) in [5.74, 6) is 1.68. The molecule has 2 aliphatic carbocycles. The smallest absolute Gasteiger partial charge is 0.262 e. The fraction of sp³-hybridized carbons (Fsp3) is 0.321. The predicted molar refractivity (Wildman–Crippen MR) is 129 cm³/mol. The van der Waals surface area contributed by atoms with Crippen molar-refractivity contribution < 1.29 is 28.6 Å². The van der Waals surface area contributed by atoms with Crippen LogP contribution in [0, 0.1) is 0 Å². The number of nitrogens with one attached hydrogen (secondary N) is 1. The number of amides is 1. The molecule has 0 atom stereocenters. The molecule has 7 heteroatoms. The fourth-order valence-electron chi connectivity index (χ4n) is 4.99. The highest BCUT2D eigenvalue weighted by Gasteiger charge is 2.42. The van der Waals surface area contributed by atoms with Crippen LogP contribution in [0.4, 0.5) is 5.69 Å². The van der Waals surface area contributed by atoms with Crippen LogP contribution in [0.5, 0.6) is 11.5 Å². The number of rotatable bonds is 6. The molecule has 3 aliphatic rings. The lowest BCUT2D eigenvalue weighted by molar-refractivity contribution is -0.119. The maximum atomic E-state index is 13.0. The molecule has 2 aromatic rings. The Bertz CT molecular complexity index is 1200. The van der Waals surface area contributed by atoms with Crippen molar-refractivity contribution in [2.45, 2.75) is 44.4 Å². The first-order chi connectivity index (χ1) is 17.0. The zero-order valence-electron chi connectivity index (χ0n) is 19.6. The Hall–Kier alpha value is -3.87. The van der Waals surface area contributed by atoms with Gasteiger partial charge in [0.05, 0.1) is 13.0 Å². The summed E-state index contributed by atoms with van der Waals surface area (Å²) in [5.41, 5.74) is 2.45. The van der Waals surface area contributed by atoms with Gasteiger partial charge in [-0.25, -0.2) is 0 Å². The quantitative estimate of drug-likeness (QED) is 0.646. The second-order valence-corrected chi connectivity index (χ2v) is 8.87. The Morgan fingerprint density at radius 3 is 2.17 bits per heavy atom. The van der Waals surface area contributed by atoms with E-state index in [9.17, 15) is 14.4 Å². The number of carbonyl (C=O) groups is 3. The number of ether oxygens (including phenoxy) is 3. The summed E-state index contributed by atoms with van der Waals surface area (Å²) >= 11 is 0. The molecule has 0 saturated heterocycles. The molecule has 0 fully saturated rings. The van der Waals surface area contributed by atoms with E-state index in [0.29, 0.717) is 71.1 Å². The van der Waals surface area contributed by atoms with Crippen molar-refractivity contribution >= 4 is 23.2 Å². The average Bonchev–Trinajstić information content (AvgIpc) is 2.87. The molecule has 0 saturated carbocycles. The molecule has 0 aromatic heterocycles. The first-order valence-electron chi connectivity index (χ1n) is 11.9. The number of benzene rings is 2. The van der Waals surface area contributed by atoms with Crippen LogP contribution in [0.2, 0.25) is 0 Å². The van der Waals surface area contributed by atoms with Gasteiger partial charge in [-0.05, 0) is 43.2 Å². The van der Waals surface area contributed by atoms with Gasteiger partial charge >= 0.3 is 0 Å².